The number of hydrogen-bond donors (Lipinski definition) is 2. The predicted octanol–water partition coefficient (Wildman–Crippen LogP) is 3.53. The van der Waals surface area contributed by atoms with Crippen molar-refractivity contribution in [3.8, 4) is 0 Å². The molecule has 0 bridgehead atoms. The molecule has 0 saturated carbocycles. The lowest BCUT2D eigenvalue weighted by atomic mass is 10.3. The summed E-state index contributed by atoms with van der Waals surface area (Å²) in [6.07, 6.45) is 1.73. The molecule has 1 amide bonds. The van der Waals surface area contributed by atoms with E-state index in [1.54, 1.807) is 0 Å². The fraction of sp³-hybridized carbons (Fsp3) is 0.250. The molecule has 0 fully saturated rings. The number of hydrogen-bond acceptors (Lipinski definition) is 3. The van der Waals surface area contributed by atoms with E-state index >= 15 is 0 Å². The zero-order chi connectivity index (χ0) is 13.8. The third kappa shape index (κ3) is 3.42. The van der Waals surface area contributed by atoms with Crippen LogP contribution in [0.3, 0.4) is 0 Å². The van der Waals surface area contributed by atoms with E-state index in [-0.39, 0.29) is 11.7 Å². The molecule has 0 aliphatic heterocycles. The number of aromatic amines is 1. The average molecular weight is 388 g/mol. The number of aromatic nitrogens is 3. The topological polar surface area (TPSA) is 70.7 Å². The third-order valence-electron chi connectivity index (χ3n) is 2.42. The standard InChI is InChI=1S/C12H12Br2N4O/c1-2-4-9-15-11(18-17-9)12(19)16-10-7(13)5-3-6-8(10)14/h3,5-6H,2,4H2,1H3,(H,16,19)(H,15,17,18). The van der Waals surface area contributed by atoms with Crippen LogP contribution in [-0.2, 0) is 6.42 Å². The summed E-state index contributed by atoms with van der Waals surface area (Å²) in [4.78, 5) is 16.2. The van der Waals surface area contributed by atoms with E-state index in [9.17, 15) is 4.79 Å². The van der Waals surface area contributed by atoms with Crippen LogP contribution in [0.4, 0.5) is 5.69 Å². The van der Waals surface area contributed by atoms with Gasteiger partial charge in [0.15, 0.2) is 0 Å². The number of carbonyl (C=O) groups excluding carboxylic acids is 1. The largest absolute Gasteiger partial charge is 0.317 e. The van der Waals surface area contributed by atoms with Crippen LogP contribution in [0.2, 0.25) is 0 Å². The number of H-pyrrole nitrogens is 1. The van der Waals surface area contributed by atoms with Gasteiger partial charge in [-0.1, -0.05) is 13.0 Å². The van der Waals surface area contributed by atoms with Crippen LogP contribution in [-0.4, -0.2) is 21.1 Å². The van der Waals surface area contributed by atoms with Gasteiger partial charge >= 0.3 is 0 Å². The van der Waals surface area contributed by atoms with Crippen LogP contribution in [0.25, 0.3) is 0 Å². The zero-order valence-electron chi connectivity index (χ0n) is 10.2. The lowest BCUT2D eigenvalue weighted by molar-refractivity contribution is 0.101. The molecule has 2 N–H and O–H groups in total. The van der Waals surface area contributed by atoms with Crippen molar-refractivity contribution in [2.75, 3.05) is 5.32 Å². The first kappa shape index (κ1) is 14.2. The summed E-state index contributed by atoms with van der Waals surface area (Å²) in [7, 11) is 0. The van der Waals surface area contributed by atoms with E-state index in [1.807, 2.05) is 25.1 Å². The Hall–Kier alpha value is -1.21. The minimum absolute atomic E-state index is 0.145. The first-order chi connectivity index (χ1) is 9.11. The van der Waals surface area contributed by atoms with E-state index in [1.165, 1.54) is 0 Å². The number of benzene rings is 1. The van der Waals surface area contributed by atoms with E-state index in [0.717, 1.165) is 27.6 Å². The SMILES string of the molecule is CCCc1nc(C(=O)Nc2c(Br)cccc2Br)n[nH]1. The molecule has 0 radical (unpaired) electrons. The molecule has 1 aromatic carbocycles. The summed E-state index contributed by atoms with van der Waals surface area (Å²) in [6, 6.07) is 5.57. The molecule has 100 valence electrons. The molecule has 0 aliphatic rings. The number of nitrogens with zero attached hydrogens (tertiary/aromatic N) is 2. The molecule has 5 nitrogen and oxygen atoms in total. The Balaban J connectivity index is 2.16. The molecule has 19 heavy (non-hydrogen) atoms. The Morgan fingerprint density at radius 2 is 2.05 bits per heavy atom. The Morgan fingerprint density at radius 1 is 1.37 bits per heavy atom. The van der Waals surface area contributed by atoms with Crippen molar-refractivity contribution < 1.29 is 4.79 Å². The molecule has 1 heterocycles. The van der Waals surface area contributed by atoms with Gasteiger partial charge in [0.25, 0.3) is 5.91 Å². The fourth-order valence-corrected chi connectivity index (χ4v) is 2.73. The number of halogens is 2. The van der Waals surface area contributed by atoms with Gasteiger partial charge in [0.2, 0.25) is 5.82 Å². The van der Waals surface area contributed by atoms with E-state index in [2.05, 4.69) is 52.4 Å². The minimum Gasteiger partial charge on any atom is -0.317 e. The Labute approximate surface area is 127 Å². The summed E-state index contributed by atoms with van der Waals surface area (Å²) in [6.45, 7) is 2.04. The van der Waals surface area contributed by atoms with Crippen molar-refractivity contribution in [1.29, 1.82) is 0 Å². The second kappa shape index (κ2) is 6.29. The molecule has 2 aromatic rings. The molecule has 0 unspecified atom stereocenters. The van der Waals surface area contributed by atoms with Crippen LogP contribution >= 0.6 is 31.9 Å². The van der Waals surface area contributed by atoms with Gasteiger partial charge in [-0.15, -0.1) is 5.10 Å². The number of nitrogens with one attached hydrogen (secondary N) is 2. The first-order valence-corrected chi connectivity index (χ1v) is 7.37. The van der Waals surface area contributed by atoms with Crippen molar-refractivity contribution in [3.63, 3.8) is 0 Å². The number of anilines is 1. The second-order valence-corrected chi connectivity index (χ2v) is 5.62. The molecule has 0 aliphatic carbocycles. The van der Waals surface area contributed by atoms with E-state index in [0.29, 0.717) is 5.69 Å². The molecule has 0 spiro atoms. The number of para-hydroxylation sites is 1. The maximum Gasteiger partial charge on any atom is 0.295 e. The maximum atomic E-state index is 12.0. The van der Waals surface area contributed by atoms with Crippen molar-refractivity contribution in [2.24, 2.45) is 0 Å². The van der Waals surface area contributed by atoms with Gasteiger partial charge in [-0.2, -0.15) is 0 Å². The van der Waals surface area contributed by atoms with Crippen LogP contribution in [0, 0.1) is 0 Å². The highest BCUT2D eigenvalue weighted by atomic mass is 79.9. The molecule has 7 heteroatoms. The molecule has 0 atom stereocenters. The minimum atomic E-state index is -0.341. The third-order valence-corrected chi connectivity index (χ3v) is 3.74. The van der Waals surface area contributed by atoms with Crippen LogP contribution in [0.15, 0.2) is 27.1 Å². The highest BCUT2D eigenvalue weighted by Crippen LogP contribution is 2.30. The molecular weight excluding hydrogens is 376 g/mol. The van der Waals surface area contributed by atoms with Crippen LogP contribution in [0.5, 0.6) is 0 Å². The number of aryl methyl sites for hydroxylation is 1. The van der Waals surface area contributed by atoms with Gasteiger partial charge in [-0.05, 0) is 50.4 Å². The average Bonchev–Trinajstić information content (AvgIpc) is 2.83. The Morgan fingerprint density at radius 3 is 2.68 bits per heavy atom. The maximum absolute atomic E-state index is 12.0. The molecular formula is C12H12Br2N4O. The van der Waals surface area contributed by atoms with Crippen molar-refractivity contribution in [2.45, 2.75) is 19.8 Å². The van der Waals surface area contributed by atoms with Gasteiger partial charge in [0.05, 0.1) is 5.69 Å². The normalized spacial score (nSPS) is 10.5. The molecule has 1 aromatic heterocycles. The lowest BCUT2D eigenvalue weighted by Gasteiger charge is -2.07. The Bertz CT molecular complexity index is 577. The Kier molecular flexibility index (Phi) is 4.71. The van der Waals surface area contributed by atoms with Gasteiger partial charge in [0, 0.05) is 15.4 Å². The number of carbonyl (C=O) groups is 1. The van der Waals surface area contributed by atoms with Crippen molar-refractivity contribution in [1.82, 2.24) is 15.2 Å². The summed E-state index contributed by atoms with van der Waals surface area (Å²) in [5.74, 6) is 0.524. The van der Waals surface area contributed by atoms with Crippen molar-refractivity contribution in [3.05, 3.63) is 38.8 Å². The zero-order valence-corrected chi connectivity index (χ0v) is 13.4. The van der Waals surface area contributed by atoms with Gasteiger partial charge in [-0.3, -0.25) is 9.89 Å². The lowest BCUT2D eigenvalue weighted by Crippen LogP contribution is -2.14. The smallest absolute Gasteiger partial charge is 0.295 e. The highest BCUT2D eigenvalue weighted by molar-refractivity contribution is 9.11. The summed E-state index contributed by atoms with van der Waals surface area (Å²) in [5, 5.41) is 9.44. The predicted molar refractivity (Wildman–Crippen MR) is 80.2 cm³/mol. The monoisotopic (exact) mass is 386 g/mol. The van der Waals surface area contributed by atoms with Gasteiger partial charge in [0.1, 0.15) is 5.82 Å². The summed E-state index contributed by atoms with van der Waals surface area (Å²) < 4.78 is 1.58. The summed E-state index contributed by atoms with van der Waals surface area (Å²) >= 11 is 6.77. The fourth-order valence-electron chi connectivity index (χ4n) is 1.53. The molecule has 0 saturated heterocycles. The first-order valence-electron chi connectivity index (χ1n) is 5.78. The highest BCUT2D eigenvalue weighted by Gasteiger charge is 2.15. The quantitative estimate of drug-likeness (QED) is 0.842. The summed E-state index contributed by atoms with van der Waals surface area (Å²) in [5.41, 5.74) is 0.661. The number of rotatable bonds is 4. The van der Waals surface area contributed by atoms with E-state index in [4.69, 9.17) is 0 Å². The van der Waals surface area contributed by atoms with Crippen LogP contribution < -0.4 is 5.32 Å². The van der Waals surface area contributed by atoms with E-state index < -0.39 is 0 Å². The number of amides is 1. The van der Waals surface area contributed by atoms with Crippen molar-refractivity contribution >= 4 is 43.5 Å². The van der Waals surface area contributed by atoms with Gasteiger partial charge in [-0.25, -0.2) is 4.98 Å². The van der Waals surface area contributed by atoms with Crippen LogP contribution in [0.1, 0.15) is 29.8 Å². The second-order valence-electron chi connectivity index (χ2n) is 3.91. The van der Waals surface area contributed by atoms with Gasteiger partial charge < -0.3 is 5.32 Å². The molecule has 2 rings (SSSR count).